The van der Waals surface area contributed by atoms with Crippen LogP contribution in [0.1, 0.15) is 25.3 Å². The van der Waals surface area contributed by atoms with Gasteiger partial charge in [0, 0.05) is 47.7 Å². The van der Waals surface area contributed by atoms with Crippen molar-refractivity contribution in [2.24, 2.45) is 0 Å². The number of hydrogen-bond donors (Lipinski definition) is 2. The highest BCUT2D eigenvalue weighted by molar-refractivity contribution is 6.14. The summed E-state index contributed by atoms with van der Waals surface area (Å²) in [5, 5.41) is 15.1. The molecule has 2 aromatic carbocycles. The summed E-state index contributed by atoms with van der Waals surface area (Å²) in [6.07, 6.45) is 8.84. The molecule has 2 aromatic heterocycles. The highest BCUT2D eigenvalue weighted by atomic mass is 19.1. The molecule has 4 aliphatic rings. The van der Waals surface area contributed by atoms with Gasteiger partial charge in [-0.05, 0) is 56.9 Å². The van der Waals surface area contributed by atoms with E-state index in [1.54, 1.807) is 4.90 Å². The molecule has 1 amide bonds. The number of likely N-dealkylation sites (tertiary alicyclic amines) is 1. The number of aromatic hydroxyl groups is 1. The Balaban J connectivity index is 1.39. The molecular weight excluding hydrogens is 566 g/mol. The average Bonchev–Trinajstić information content (AvgIpc) is 3.44. The third kappa shape index (κ3) is 3.80. The number of nitrogens with zero attached hydrogens (tertiary/aromatic N) is 5. The largest absolute Gasteiger partial charge is 0.508 e. The van der Waals surface area contributed by atoms with E-state index < -0.39 is 17.7 Å². The molecule has 11 heteroatoms. The molecule has 4 atom stereocenters. The van der Waals surface area contributed by atoms with Crippen molar-refractivity contribution >= 4 is 39.0 Å². The van der Waals surface area contributed by atoms with Crippen LogP contribution in [0.15, 0.2) is 30.5 Å². The Labute approximate surface area is 252 Å². The zero-order valence-corrected chi connectivity index (χ0v) is 24.3. The number of likely N-dealkylation sites (N-methyl/N-ethyl adjacent to an activating group) is 1. The number of rotatable bonds is 2. The van der Waals surface area contributed by atoms with Gasteiger partial charge in [-0.25, -0.2) is 13.8 Å². The summed E-state index contributed by atoms with van der Waals surface area (Å²) in [5.41, 5.74) is 1.19. The average molecular weight is 597 g/mol. The summed E-state index contributed by atoms with van der Waals surface area (Å²) in [4.78, 5) is 29.2. The van der Waals surface area contributed by atoms with Gasteiger partial charge in [-0.1, -0.05) is 12.0 Å². The standard InChI is InChI=1S/C33H30F2N6O3/c1-4-19-22(34)8-7-17-10-18(42)11-20(26(17)19)28-27(35)29-21(12-37-28)30-31-32(38-29)44-25(23-6-5-9-39(23)3)15-41(31)33(43)24-13-36-16(2)14-40(24)30/h1,7-8,10-12,16,23-25,36,42H,5-6,9,13-15H2,2-3H3/t16-,23+,24-,25-/m1/s1. The molecule has 224 valence electrons. The fraction of sp³-hybridized carbons (Fsp3) is 0.364. The van der Waals surface area contributed by atoms with E-state index in [-0.39, 0.29) is 63.4 Å². The van der Waals surface area contributed by atoms with Gasteiger partial charge < -0.3 is 25.0 Å². The van der Waals surface area contributed by atoms with Gasteiger partial charge in [0.1, 0.15) is 40.6 Å². The number of carbonyl (C=O) groups is 1. The van der Waals surface area contributed by atoms with Crippen molar-refractivity contribution in [3.05, 3.63) is 47.7 Å². The minimum atomic E-state index is -0.757. The maximum atomic E-state index is 16.9. The number of hydrogen-bond acceptors (Lipinski definition) is 8. The first kappa shape index (κ1) is 27.0. The van der Waals surface area contributed by atoms with E-state index in [1.165, 1.54) is 30.5 Å². The third-order valence-electron chi connectivity index (χ3n) is 9.59. The summed E-state index contributed by atoms with van der Waals surface area (Å²) in [6.45, 7) is 4.33. The number of piperazine rings is 1. The number of terminal acetylenes is 1. The lowest BCUT2D eigenvalue weighted by Gasteiger charge is -2.50. The van der Waals surface area contributed by atoms with Crippen molar-refractivity contribution in [2.45, 2.75) is 44.0 Å². The lowest BCUT2D eigenvalue weighted by molar-refractivity contribution is -0.121. The fourth-order valence-electron chi connectivity index (χ4n) is 7.52. The Morgan fingerprint density at radius 2 is 2.05 bits per heavy atom. The predicted octanol–water partition coefficient (Wildman–Crippen LogP) is 3.78. The Kier molecular flexibility index (Phi) is 5.99. The molecule has 0 spiro atoms. The Morgan fingerprint density at radius 3 is 2.82 bits per heavy atom. The molecule has 4 aromatic rings. The number of fused-ring (bicyclic) bond motifs is 5. The van der Waals surface area contributed by atoms with Gasteiger partial charge in [0.2, 0.25) is 5.88 Å². The lowest BCUT2D eigenvalue weighted by Crippen LogP contribution is -2.66. The van der Waals surface area contributed by atoms with Crippen LogP contribution in [-0.2, 0) is 4.79 Å². The maximum absolute atomic E-state index is 16.9. The number of nitrogens with one attached hydrogen (secondary N) is 1. The number of aromatic nitrogens is 2. The topological polar surface area (TPSA) is 94.1 Å². The molecule has 0 bridgehead atoms. The summed E-state index contributed by atoms with van der Waals surface area (Å²) in [7, 11) is 2.05. The molecule has 9 nitrogen and oxygen atoms in total. The molecule has 8 rings (SSSR count). The first-order chi connectivity index (χ1) is 21.2. The number of ether oxygens (including phenoxy) is 1. The molecule has 2 saturated heterocycles. The number of anilines is 2. The minimum Gasteiger partial charge on any atom is -0.508 e. The monoisotopic (exact) mass is 596 g/mol. The van der Waals surface area contributed by atoms with Gasteiger partial charge in [0.15, 0.2) is 5.82 Å². The second-order valence-corrected chi connectivity index (χ2v) is 12.2. The molecular formula is C33H30F2N6O3. The molecule has 0 saturated carbocycles. The molecule has 0 aliphatic carbocycles. The van der Waals surface area contributed by atoms with Crippen molar-refractivity contribution in [3.63, 3.8) is 0 Å². The Morgan fingerprint density at radius 1 is 1.20 bits per heavy atom. The van der Waals surface area contributed by atoms with Gasteiger partial charge in [0.05, 0.1) is 17.8 Å². The van der Waals surface area contributed by atoms with E-state index in [0.717, 1.165) is 19.4 Å². The first-order valence-corrected chi connectivity index (χ1v) is 14.9. The van der Waals surface area contributed by atoms with Crippen LogP contribution >= 0.6 is 0 Å². The van der Waals surface area contributed by atoms with Gasteiger partial charge >= 0.3 is 0 Å². The van der Waals surface area contributed by atoms with Crippen LogP contribution < -0.4 is 19.9 Å². The summed E-state index contributed by atoms with van der Waals surface area (Å²) in [6, 6.07) is 5.18. The van der Waals surface area contributed by atoms with Crippen LogP contribution in [0.5, 0.6) is 11.6 Å². The summed E-state index contributed by atoms with van der Waals surface area (Å²) >= 11 is 0. The Hall–Kier alpha value is -4.53. The number of amides is 1. The molecule has 0 radical (unpaired) electrons. The fourth-order valence-corrected chi connectivity index (χ4v) is 7.52. The normalized spacial score (nSPS) is 24.8. The van der Waals surface area contributed by atoms with Crippen LogP contribution in [0.25, 0.3) is 32.9 Å². The third-order valence-corrected chi connectivity index (χ3v) is 9.59. The number of halogens is 2. The Bertz CT molecular complexity index is 1940. The predicted molar refractivity (Wildman–Crippen MR) is 163 cm³/mol. The van der Waals surface area contributed by atoms with Crippen LogP contribution in [0.2, 0.25) is 0 Å². The van der Waals surface area contributed by atoms with Crippen LogP contribution in [0.3, 0.4) is 0 Å². The van der Waals surface area contributed by atoms with Gasteiger partial charge in [-0.2, -0.15) is 0 Å². The minimum absolute atomic E-state index is 0.0126. The van der Waals surface area contributed by atoms with Gasteiger partial charge in [0.25, 0.3) is 5.91 Å². The van der Waals surface area contributed by atoms with Crippen molar-refractivity contribution in [1.29, 1.82) is 0 Å². The van der Waals surface area contributed by atoms with E-state index in [9.17, 15) is 14.3 Å². The zero-order valence-electron chi connectivity index (χ0n) is 24.3. The van der Waals surface area contributed by atoms with E-state index in [1.807, 2.05) is 18.9 Å². The SMILES string of the molecule is C#Cc1c(F)ccc2cc(O)cc(-c3ncc4c5c6c(nc4c3F)O[C@@H]([C@@H]3CCCN3C)CN6C(=O)[C@H]3CN[C@H](C)CN53)c12. The maximum Gasteiger partial charge on any atom is 0.251 e. The number of benzene rings is 2. The number of phenolic OH excluding ortho intramolecular Hbond substituents is 1. The second kappa shape index (κ2) is 9.74. The molecule has 6 heterocycles. The van der Waals surface area contributed by atoms with Crippen molar-refractivity contribution < 1.29 is 23.4 Å². The van der Waals surface area contributed by atoms with Crippen LogP contribution in [0.4, 0.5) is 20.2 Å². The van der Waals surface area contributed by atoms with E-state index in [2.05, 4.69) is 21.1 Å². The smallest absolute Gasteiger partial charge is 0.251 e. The van der Waals surface area contributed by atoms with E-state index >= 15 is 4.39 Å². The number of pyridine rings is 2. The molecule has 0 unspecified atom stereocenters. The lowest BCUT2D eigenvalue weighted by atomic mass is 9.94. The molecule has 44 heavy (non-hydrogen) atoms. The van der Waals surface area contributed by atoms with Crippen LogP contribution in [0, 0.1) is 24.0 Å². The highest BCUT2D eigenvalue weighted by Crippen LogP contribution is 2.50. The van der Waals surface area contributed by atoms with E-state index in [0.29, 0.717) is 41.8 Å². The first-order valence-electron chi connectivity index (χ1n) is 14.9. The number of phenols is 1. The van der Waals surface area contributed by atoms with Crippen molar-refractivity contribution in [2.75, 3.05) is 43.0 Å². The summed E-state index contributed by atoms with van der Waals surface area (Å²) in [5.74, 6) is 1.01. The van der Waals surface area contributed by atoms with Gasteiger partial charge in [-0.3, -0.25) is 14.7 Å². The number of carbonyl (C=O) groups excluding carboxylic acids is 1. The van der Waals surface area contributed by atoms with Crippen molar-refractivity contribution in [3.8, 4) is 35.2 Å². The molecule has 2 fully saturated rings. The van der Waals surface area contributed by atoms with E-state index in [4.69, 9.17) is 16.1 Å². The second-order valence-electron chi connectivity index (χ2n) is 12.2. The van der Waals surface area contributed by atoms with Crippen molar-refractivity contribution in [1.82, 2.24) is 20.2 Å². The quantitative estimate of drug-likeness (QED) is 0.338. The highest BCUT2D eigenvalue weighted by Gasteiger charge is 2.48. The molecule has 2 N–H and O–H groups in total. The summed E-state index contributed by atoms with van der Waals surface area (Å²) < 4.78 is 38.2. The zero-order chi connectivity index (χ0) is 30.4. The molecule has 4 aliphatic heterocycles. The van der Waals surface area contributed by atoms with Gasteiger partial charge in [-0.15, -0.1) is 6.42 Å². The van der Waals surface area contributed by atoms with Crippen LogP contribution in [-0.4, -0.2) is 83.3 Å².